The van der Waals surface area contributed by atoms with Crippen molar-refractivity contribution in [2.45, 2.75) is 25.3 Å². The third kappa shape index (κ3) is 4.28. The molecule has 0 spiro atoms. The smallest absolute Gasteiger partial charge is 0.241 e. The van der Waals surface area contributed by atoms with Crippen molar-refractivity contribution in [1.29, 1.82) is 0 Å². The molecule has 16 heavy (non-hydrogen) atoms. The number of hydrogen-bond donors (Lipinski definition) is 2. The molecule has 0 saturated carbocycles. The molecule has 0 radical (unpaired) electrons. The fourth-order valence-electron chi connectivity index (χ4n) is 1.37. The molecule has 0 aliphatic rings. The highest BCUT2D eigenvalue weighted by atomic mass is 16.2. The Morgan fingerprint density at radius 2 is 2.12 bits per heavy atom. The average Bonchev–Trinajstić information content (AvgIpc) is 2.30. The predicted molar refractivity (Wildman–Crippen MR) is 67.1 cm³/mol. The molecule has 0 saturated heterocycles. The van der Waals surface area contributed by atoms with Crippen LogP contribution in [0.25, 0.3) is 0 Å². The summed E-state index contributed by atoms with van der Waals surface area (Å²) in [5.74, 6) is -0.129. The van der Waals surface area contributed by atoms with Gasteiger partial charge in [0.15, 0.2) is 0 Å². The van der Waals surface area contributed by atoms with E-state index in [2.05, 4.69) is 11.9 Å². The number of nitrogens with two attached hydrogens (primary N) is 1. The van der Waals surface area contributed by atoms with Crippen LogP contribution in [-0.2, 0) is 4.79 Å². The first-order valence-corrected chi connectivity index (χ1v) is 5.46. The molecular formula is C13H18N2O. The summed E-state index contributed by atoms with van der Waals surface area (Å²) in [5, 5.41) is 2.78. The second-order valence-corrected chi connectivity index (χ2v) is 3.68. The maximum absolute atomic E-state index is 11.6. The molecule has 3 N–H and O–H groups in total. The normalized spacial score (nSPS) is 11.8. The number of unbranched alkanes of at least 4 members (excludes halogenated alkanes) is 1. The lowest BCUT2D eigenvalue weighted by atomic mass is 10.1. The van der Waals surface area contributed by atoms with Gasteiger partial charge in [-0.15, -0.1) is 6.58 Å². The first kappa shape index (κ1) is 12.5. The van der Waals surface area contributed by atoms with Gasteiger partial charge < -0.3 is 11.1 Å². The lowest BCUT2D eigenvalue weighted by Gasteiger charge is -2.11. The molecule has 0 fully saturated rings. The fraction of sp³-hybridized carbons (Fsp3) is 0.308. The van der Waals surface area contributed by atoms with E-state index >= 15 is 0 Å². The molecular weight excluding hydrogens is 200 g/mol. The number of carbonyl (C=O) groups excluding carboxylic acids is 1. The van der Waals surface area contributed by atoms with Crippen LogP contribution in [0.4, 0.5) is 5.69 Å². The average molecular weight is 218 g/mol. The van der Waals surface area contributed by atoms with Crippen molar-refractivity contribution in [3.05, 3.63) is 43.0 Å². The Morgan fingerprint density at radius 3 is 2.75 bits per heavy atom. The van der Waals surface area contributed by atoms with Crippen molar-refractivity contribution in [3.63, 3.8) is 0 Å². The summed E-state index contributed by atoms with van der Waals surface area (Å²) in [5.41, 5.74) is 6.54. The highest BCUT2D eigenvalue weighted by Gasteiger charge is 2.12. The highest BCUT2D eigenvalue weighted by Crippen LogP contribution is 2.07. The van der Waals surface area contributed by atoms with Gasteiger partial charge in [0, 0.05) is 5.69 Å². The van der Waals surface area contributed by atoms with Gasteiger partial charge >= 0.3 is 0 Å². The number of nitrogens with one attached hydrogen (secondary N) is 1. The fourth-order valence-corrected chi connectivity index (χ4v) is 1.37. The first-order valence-electron chi connectivity index (χ1n) is 5.46. The van der Waals surface area contributed by atoms with E-state index in [4.69, 9.17) is 5.73 Å². The van der Waals surface area contributed by atoms with Crippen LogP contribution in [0.1, 0.15) is 19.3 Å². The summed E-state index contributed by atoms with van der Waals surface area (Å²) in [7, 11) is 0. The van der Waals surface area contributed by atoms with Gasteiger partial charge in [0.05, 0.1) is 6.04 Å². The third-order valence-electron chi connectivity index (χ3n) is 2.30. The van der Waals surface area contributed by atoms with Crippen molar-refractivity contribution < 1.29 is 4.79 Å². The molecule has 1 amide bonds. The number of amides is 1. The van der Waals surface area contributed by atoms with Gasteiger partial charge in [-0.1, -0.05) is 24.3 Å². The molecule has 0 bridgehead atoms. The van der Waals surface area contributed by atoms with Gasteiger partial charge in [-0.05, 0) is 31.4 Å². The molecule has 86 valence electrons. The topological polar surface area (TPSA) is 55.1 Å². The SMILES string of the molecule is C=CCCC[C@H](N)C(=O)Nc1ccccc1. The van der Waals surface area contributed by atoms with E-state index in [1.165, 1.54) is 0 Å². The maximum atomic E-state index is 11.6. The summed E-state index contributed by atoms with van der Waals surface area (Å²) >= 11 is 0. The summed E-state index contributed by atoms with van der Waals surface area (Å²) in [6.07, 6.45) is 4.31. The molecule has 0 heterocycles. The van der Waals surface area contributed by atoms with E-state index in [1.807, 2.05) is 36.4 Å². The maximum Gasteiger partial charge on any atom is 0.241 e. The van der Waals surface area contributed by atoms with Crippen LogP contribution in [0.2, 0.25) is 0 Å². The van der Waals surface area contributed by atoms with E-state index in [0.29, 0.717) is 6.42 Å². The Morgan fingerprint density at radius 1 is 1.44 bits per heavy atom. The number of hydrogen-bond acceptors (Lipinski definition) is 2. The highest BCUT2D eigenvalue weighted by molar-refractivity contribution is 5.94. The number of benzene rings is 1. The Labute approximate surface area is 96.3 Å². The molecule has 1 rings (SSSR count). The molecule has 0 aliphatic heterocycles. The minimum absolute atomic E-state index is 0.129. The number of carbonyl (C=O) groups is 1. The van der Waals surface area contributed by atoms with E-state index in [0.717, 1.165) is 18.5 Å². The summed E-state index contributed by atoms with van der Waals surface area (Å²) in [6.45, 7) is 3.63. The standard InChI is InChI=1S/C13H18N2O/c1-2-3-5-10-12(14)13(16)15-11-8-6-4-7-9-11/h2,4,6-9,12H,1,3,5,10,14H2,(H,15,16)/t12-/m0/s1. The minimum atomic E-state index is -0.444. The first-order chi connectivity index (χ1) is 7.74. The number of allylic oxidation sites excluding steroid dienone is 1. The van der Waals surface area contributed by atoms with Gasteiger partial charge in [0.25, 0.3) is 0 Å². The number of para-hydroxylation sites is 1. The molecule has 0 aliphatic carbocycles. The van der Waals surface area contributed by atoms with Gasteiger partial charge in [0.2, 0.25) is 5.91 Å². The Balaban J connectivity index is 2.37. The van der Waals surface area contributed by atoms with E-state index in [-0.39, 0.29) is 5.91 Å². The van der Waals surface area contributed by atoms with Gasteiger partial charge in [-0.25, -0.2) is 0 Å². The summed E-state index contributed by atoms with van der Waals surface area (Å²) in [4.78, 5) is 11.6. The Bertz CT molecular complexity index is 335. The molecule has 3 heteroatoms. The Hall–Kier alpha value is -1.61. The molecule has 0 aromatic heterocycles. The quantitative estimate of drug-likeness (QED) is 0.568. The molecule has 3 nitrogen and oxygen atoms in total. The van der Waals surface area contributed by atoms with Gasteiger partial charge in [-0.3, -0.25) is 4.79 Å². The lowest BCUT2D eigenvalue weighted by Crippen LogP contribution is -2.35. The van der Waals surface area contributed by atoms with Gasteiger partial charge in [0.1, 0.15) is 0 Å². The van der Waals surface area contributed by atoms with Crippen molar-refractivity contribution in [3.8, 4) is 0 Å². The van der Waals surface area contributed by atoms with Crippen molar-refractivity contribution in [2.75, 3.05) is 5.32 Å². The summed E-state index contributed by atoms with van der Waals surface area (Å²) in [6, 6.07) is 8.89. The summed E-state index contributed by atoms with van der Waals surface area (Å²) < 4.78 is 0. The van der Waals surface area contributed by atoms with Crippen molar-refractivity contribution in [1.82, 2.24) is 0 Å². The molecule has 0 unspecified atom stereocenters. The molecule has 1 aromatic carbocycles. The third-order valence-corrected chi connectivity index (χ3v) is 2.30. The monoisotopic (exact) mass is 218 g/mol. The van der Waals surface area contributed by atoms with E-state index in [1.54, 1.807) is 0 Å². The zero-order chi connectivity index (χ0) is 11.8. The van der Waals surface area contributed by atoms with Crippen LogP contribution < -0.4 is 11.1 Å². The van der Waals surface area contributed by atoms with Crippen LogP contribution in [-0.4, -0.2) is 11.9 Å². The second kappa shape index (κ2) is 6.80. The largest absolute Gasteiger partial charge is 0.325 e. The van der Waals surface area contributed by atoms with Crippen LogP contribution in [0, 0.1) is 0 Å². The second-order valence-electron chi connectivity index (χ2n) is 3.68. The zero-order valence-corrected chi connectivity index (χ0v) is 9.36. The van der Waals surface area contributed by atoms with Crippen molar-refractivity contribution >= 4 is 11.6 Å². The molecule has 1 aromatic rings. The predicted octanol–water partition coefficient (Wildman–Crippen LogP) is 2.31. The van der Waals surface area contributed by atoms with E-state index in [9.17, 15) is 4.79 Å². The zero-order valence-electron chi connectivity index (χ0n) is 9.36. The van der Waals surface area contributed by atoms with Crippen LogP contribution in [0.5, 0.6) is 0 Å². The van der Waals surface area contributed by atoms with Crippen LogP contribution in [0.3, 0.4) is 0 Å². The number of anilines is 1. The van der Waals surface area contributed by atoms with Gasteiger partial charge in [-0.2, -0.15) is 0 Å². The van der Waals surface area contributed by atoms with Crippen LogP contribution in [0.15, 0.2) is 43.0 Å². The van der Waals surface area contributed by atoms with E-state index < -0.39 is 6.04 Å². The van der Waals surface area contributed by atoms with Crippen molar-refractivity contribution in [2.24, 2.45) is 5.73 Å². The Kier molecular flexibility index (Phi) is 5.29. The number of rotatable bonds is 6. The minimum Gasteiger partial charge on any atom is -0.325 e. The molecule has 1 atom stereocenters. The van der Waals surface area contributed by atoms with Crippen LogP contribution >= 0.6 is 0 Å². The lowest BCUT2D eigenvalue weighted by molar-refractivity contribution is -0.117.